The molecule has 0 fully saturated rings. The number of fused-ring (bicyclic) bond motifs is 1. The minimum absolute atomic E-state index is 0.00442. The maximum atomic E-state index is 12.9. The fourth-order valence-corrected chi connectivity index (χ4v) is 4.36. The number of aromatic amines is 1. The molecule has 0 unspecified atom stereocenters. The molecular formula is C20H17N5O3S2. The van der Waals surface area contributed by atoms with Crippen molar-refractivity contribution in [3.8, 4) is 5.69 Å². The van der Waals surface area contributed by atoms with Crippen molar-refractivity contribution in [3.63, 3.8) is 0 Å². The first-order valence-electron chi connectivity index (χ1n) is 8.94. The van der Waals surface area contributed by atoms with E-state index in [1.807, 2.05) is 6.07 Å². The van der Waals surface area contributed by atoms with Gasteiger partial charge in [-0.25, -0.2) is 23.1 Å². The number of aryl methyl sites for hydroxylation is 2. The zero-order valence-corrected chi connectivity index (χ0v) is 17.7. The molecule has 10 heteroatoms. The zero-order valence-electron chi connectivity index (χ0n) is 16.1. The van der Waals surface area contributed by atoms with Gasteiger partial charge in [-0.3, -0.25) is 9.36 Å². The molecule has 0 radical (unpaired) electrons. The molecule has 0 bridgehead atoms. The van der Waals surface area contributed by atoms with Gasteiger partial charge in [0.05, 0.1) is 21.5 Å². The highest BCUT2D eigenvalue weighted by Crippen LogP contribution is 2.17. The molecule has 0 spiro atoms. The van der Waals surface area contributed by atoms with Crippen LogP contribution in [0.25, 0.3) is 16.6 Å². The van der Waals surface area contributed by atoms with E-state index < -0.39 is 10.0 Å². The van der Waals surface area contributed by atoms with E-state index in [-0.39, 0.29) is 21.2 Å². The number of H-pyrrole nitrogens is 1. The summed E-state index contributed by atoms with van der Waals surface area (Å²) in [7, 11) is -3.90. The lowest BCUT2D eigenvalue weighted by molar-refractivity contribution is 0.600. The molecule has 2 N–H and O–H groups in total. The normalized spacial score (nSPS) is 11.5. The van der Waals surface area contributed by atoms with E-state index in [4.69, 9.17) is 12.2 Å². The maximum absolute atomic E-state index is 12.9. The highest BCUT2D eigenvalue weighted by molar-refractivity contribution is 7.92. The number of anilines is 1. The molecule has 2 heterocycles. The lowest BCUT2D eigenvalue weighted by atomic mass is 10.2. The van der Waals surface area contributed by atoms with Gasteiger partial charge in [-0.1, -0.05) is 12.1 Å². The molecule has 30 heavy (non-hydrogen) atoms. The Bertz CT molecular complexity index is 1470. The Morgan fingerprint density at radius 3 is 2.30 bits per heavy atom. The van der Waals surface area contributed by atoms with Crippen LogP contribution in [0.5, 0.6) is 0 Å². The first kappa shape index (κ1) is 19.9. The molecule has 0 atom stereocenters. The maximum Gasteiger partial charge on any atom is 0.266 e. The Morgan fingerprint density at radius 1 is 1.00 bits per heavy atom. The van der Waals surface area contributed by atoms with Crippen LogP contribution in [-0.2, 0) is 10.0 Å². The van der Waals surface area contributed by atoms with Gasteiger partial charge in [0, 0.05) is 11.4 Å². The van der Waals surface area contributed by atoms with Crippen molar-refractivity contribution in [1.82, 2.24) is 19.5 Å². The van der Waals surface area contributed by atoms with Gasteiger partial charge in [0.25, 0.3) is 15.6 Å². The highest BCUT2D eigenvalue weighted by Gasteiger charge is 2.17. The molecule has 2 aromatic heterocycles. The third-order valence-electron chi connectivity index (χ3n) is 4.42. The summed E-state index contributed by atoms with van der Waals surface area (Å²) in [5.41, 5.74) is 2.11. The molecule has 4 rings (SSSR count). The number of nitrogens with zero attached hydrogens (tertiary/aromatic N) is 3. The van der Waals surface area contributed by atoms with Gasteiger partial charge in [0.15, 0.2) is 4.77 Å². The summed E-state index contributed by atoms with van der Waals surface area (Å²) in [5, 5.41) is 0.483. The molecule has 0 aliphatic rings. The minimum Gasteiger partial charge on any atom is -0.331 e. The molecule has 0 aliphatic carbocycles. The molecule has 152 valence electrons. The molecule has 0 saturated heterocycles. The predicted molar refractivity (Wildman–Crippen MR) is 117 cm³/mol. The number of benzene rings is 2. The lowest BCUT2D eigenvalue weighted by Gasteiger charge is -2.10. The average Bonchev–Trinajstić information content (AvgIpc) is 2.67. The van der Waals surface area contributed by atoms with Crippen LogP contribution >= 0.6 is 12.2 Å². The number of nitrogens with one attached hydrogen (secondary N) is 2. The van der Waals surface area contributed by atoms with Crippen LogP contribution in [0.4, 0.5) is 5.95 Å². The summed E-state index contributed by atoms with van der Waals surface area (Å²) in [6.07, 6.45) is 0. The van der Waals surface area contributed by atoms with Crippen LogP contribution in [0.1, 0.15) is 11.4 Å². The Kier molecular flexibility index (Phi) is 4.96. The summed E-state index contributed by atoms with van der Waals surface area (Å²) in [6, 6.07) is 14.6. The Hall–Kier alpha value is -3.37. The van der Waals surface area contributed by atoms with Crippen molar-refractivity contribution >= 4 is 39.1 Å². The fraction of sp³-hybridized carbons (Fsp3) is 0.100. The van der Waals surface area contributed by atoms with Crippen LogP contribution in [0.3, 0.4) is 0 Å². The van der Waals surface area contributed by atoms with Crippen LogP contribution in [-0.4, -0.2) is 27.9 Å². The van der Waals surface area contributed by atoms with Crippen molar-refractivity contribution in [2.75, 3.05) is 4.72 Å². The molecule has 0 saturated carbocycles. The molecule has 4 aromatic rings. The summed E-state index contributed by atoms with van der Waals surface area (Å²) < 4.78 is 29.3. The smallest absolute Gasteiger partial charge is 0.266 e. The van der Waals surface area contributed by atoms with Gasteiger partial charge in [-0.05, 0) is 68.5 Å². The number of hydrogen-bond donors (Lipinski definition) is 2. The molecule has 2 aromatic carbocycles. The van der Waals surface area contributed by atoms with Gasteiger partial charge in [0.2, 0.25) is 5.95 Å². The average molecular weight is 440 g/mol. The minimum atomic E-state index is -3.90. The third-order valence-corrected chi connectivity index (χ3v) is 6.05. The standard InChI is InChI=1S/C20H17N5O3S2/c1-12-11-13(2)22-19(21-12)24-30(27,28)15-9-7-14(8-10-15)25-18(26)16-5-3-4-6-17(16)23-20(25)29/h3-11H,1-2H3,(H,23,29)(H,21,22,24). The van der Waals surface area contributed by atoms with E-state index in [1.165, 1.54) is 28.8 Å². The Morgan fingerprint density at radius 2 is 1.63 bits per heavy atom. The van der Waals surface area contributed by atoms with Crippen LogP contribution in [0.15, 0.2) is 64.3 Å². The number of para-hydroxylation sites is 1. The molecule has 0 amide bonds. The highest BCUT2D eigenvalue weighted by atomic mass is 32.2. The Labute approximate surface area is 177 Å². The van der Waals surface area contributed by atoms with Crippen LogP contribution in [0, 0.1) is 18.6 Å². The van der Waals surface area contributed by atoms with Gasteiger partial charge in [-0.15, -0.1) is 0 Å². The topological polar surface area (TPSA) is 110 Å². The van der Waals surface area contributed by atoms with Gasteiger partial charge in [0.1, 0.15) is 0 Å². The zero-order chi connectivity index (χ0) is 21.5. The fourth-order valence-electron chi connectivity index (χ4n) is 3.12. The number of aromatic nitrogens is 4. The van der Waals surface area contributed by atoms with Crippen molar-refractivity contribution < 1.29 is 8.42 Å². The first-order valence-corrected chi connectivity index (χ1v) is 10.8. The summed E-state index contributed by atoms with van der Waals surface area (Å²) >= 11 is 5.33. The Balaban J connectivity index is 1.72. The number of sulfonamides is 1. The van der Waals surface area contributed by atoms with E-state index >= 15 is 0 Å². The third kappa shape index (κ3) is 3.74. The van der Waals surface area contributed by atoms with E-state index in [0.29, 0.717) is 28.0 Å². The van der Waals surface area contributed by atoms with Crippen molar-refractivity contribution in [1.29, 1.82) is 0 Å². The van der Waals surface area contributed by atoms with Gasteiger partial charge >= 0.3 is 0 Å². The quantitative estimate of drug-likeness (QED) is 0.473. The molecule has 8 nitrogen and oxygen atoms in total. The van der Waals surface area contributed by atoms with Gasteiger partial charge < -0.3 is 4.98 Å². The van der Waals surface area contributed by atoms with Gasteiger partial charge in [-0.2, -0.15) is 0 Å². The molecular weight excluding hydrogens is 422 g/mol. The van der Waals surface area contributed by atoms with Crippen molar-refractivity contribution in [2.24, 2.45) is 0 Å². The second-order valence-electron chi connectivity index (χ2n) is 6.69. The van der Waals surface area contributed by atoms with Crippen LogP contribution in [0.2, 0.25) is 0 Å². The summed E-state index contributed by atoms with van der Waals surface area (Å²) in [4.78, 5) is 24.1. The number of rotatable bonds is 4. The SMILES string of the molecule is Cc1cc(C)nc(NS(=O)(=O)c2ccc(-n3c(=S)[nH]c4ccccc4c3=O)cc2)n1. The largest absolute Gasteiger partial charge is 0.331 e. The second kappa shape index (κ2) is 7.47. The van der Waals surface area contributed by atoms with Crippen molar-refractivity contribution in [3.05, 3.63) is 81.1 Å². The molecule has 0 aliphatic heterocycles. The predicted octanol–water partition coefficient (Wildman–Crippen LogP) is 3.26. The van der Waals surface area contributed by atoms with E-state index in [0.717, 1.165) is 0 Å². The van der Waals surface area contributed by atoms with E-state index in [2.05, 4.69) is 19.7 Å². The number of hydrogen-bond acceptors (Lipinski definition) is 6. The van der Waals surface area contributed by atoms with E-state index in [1.54, 1.807) is 38.1 Å². The summed E-state index contributed by atoms with van der Waals surface area (Å²) in [5.74, 6) is 0.00442. The second-order valence-corrected chi connectivity index (χ2v) is 8.76. The summed E-state index contributed by atoms with van der Waals surface area (Å²) in [6.45, 7) is 3.51. The van der Waals surface area contributed by atoms with Crippen molar-refractivity contribution in [2.45, 2.75) is 18.7 Å². The monoisotopic (exact) mass is 439 g/mol. The first-order chi connectivity index (χ1) is 14.2. The van der Waals surface area contributed by atoms with E-state index in [9.17, 15) is 13.2 Å². The van der Waals surface area contributed by atoms with Crippen LogP contribution < -0.4 is 10.3 Å². The lowest BCUT2D eigenvalue weighted by Crippen LogP contribution is -2.20.